The van der Waals surface area contributed by atoms with E-state index >= 15 is 0 Å². The molecule has 77 valence electrons. The van der Waals surface area contributed by atoms with Gasteiger partial charge in [0, 0.05) is 24.0 Å². The van der Waals surface area contributed by atoms with E-state index in [2.05, 4.69) is 16.0 Å². The van der Waals surface area contributed by atoms with Crippen molar-refractivity contribution in [1.29, 1.82) is 0 Å². The summed E-state index contributed by atoms with van der Waals surface area (Å²) < 4.78 is 3.97. The first-order valence-electron chi connectivity index (χ1n) is 3.03. The minimum atomic E-state index is -1.22. The minimum Gasteiger partial charge on any atom is -0.516 e. The minimum absolute atomic E-state index is 0. The molecule has 0 atom stereocenters. The van der Waals surface area contributed by atoms with Crippen molar-refractivity contribution in [1.82, 2.24) is 0 Å². The molecule has 0 saturated heterocycles. The number of hydrogen-bond donors (Lipinski definition) is 1. The summed E-state index contributed by atoms with van der Waals surface area (Å²) in [4.78, 5) is 23.9. The number of esters is 1. The van der Waals surface area contributed by atoms with Crippen LogP contribution in [-0.4, -0.2) is 16.9 Å². The van der Waals surface area contributed by atoms with Crippen LogP contribution < -0.4 is 0 Å². The van der Waals surface area contributed by atoms with Crippen LogP contribution in [0, 0.1) is 19.1 Å². The van der Waals surface area contributed by atoms with Gasteiger partial charge in [0.2, 0.25) is 0 Å². The molecule has 0 aliphatic rings. The number of nitrogens with zero attached hydrogens (tertiary/aromatic N) is 1. The number of carbonyl (C=O) groups is 2. The van der Waals surface area contributed by atoms with Crippen LogP contribution in [0.4, 0.5) is 0 Å². The number of rotatable bonds is 2. The molecule has 0 unspecified atom stereocenters. The van der Waals surface area contributed by atoms with Crippen molar-refractivity contribution in [3.8, 4) is 12.5 Å². The SMILES string of the molecule is [C-]#[N+]/C(C(=O)OC#C)=C(/O)C(C)=O.[Cu]. The maximum absolute atomic E-state index is 10.8. The maximum atomic E-state index is 10.8. The predicted octanol–water partition coefficient (Wildman–Crippen LogP) is 0.396. The van der Waals surface area contributed by atoms with E-state index in [1.807, 2.05) is 0 Å². The zero-order chi connectivity index (χ0) is 10.4. The van der Waals surface area contributed by atoms with Crippen LogP contribution in [0.5, 0.6) is 0 Å². The number of Topliss-reactive ketones (excluding diaryl/α,β-unsaturated/α-hetero) is 1. The number of ether oxygens (including phenoxy) is 1. The Kier molecular flexibility index (Phi) is 7.10. The molecule has 14 heavy (non-hydrogen) atoms. The van der Waals surface area contributed by atoms with Gasteiger partial charge < -0.3 is 9.84 Å². The van der Waals surface area contributed by atoms with Crippen molar-refractivity contribution in [3.05, 3.63) is 22.9 Å². The first-order chi connectivity index (χ1) is 6.04. The number of aliphatic hydroxyl groups excluding tert-OH is 1. The standard InChI is InChI=1S/C8H5NO4.Cu/c1-4-13-8(12)6(9-3)7(11)5(2)10;/h1,11H,2H3;/b7-6+;. The number of allylic oxidation sites excluding steroid dienone is 1. The van der Waals surface area contributed by atoms with Gasteiger partial charge in [-0.1, -0.05) is 6.42 Å². The molecule has 0 amide bonds. The third kappa shape index (κ3) is 3.77. The first kappa shape index (κ1) is 14.8. The molecule has 0 heterocycles. The Hall–Kier alpha value is -1.75. The van der Waals surface area contributed by atoms with Crippen LogP contribution in [0.1, 0.15) is 6.92 Å². The van der Waals surface area contributed by atoms with Crippen LogP contribution >= 0.6 is 0 Å². The van der Waals surface area contributed by atoms with E-state index in [4.69, 9.17) is 11.7 Å². The van der Waals surface area contributed by atoms with E-state index in [0.29, 0.717) is 0 Å². The Labute approximate surface area is 91.0 Å². The molecule has 0 aliphatic heterocycles. The molecular formula is C8H5CuNO4. The van der Waals surface area contributed by atoms with Gasteiger partial charge in [-0.2, -0.15) is 0 Å². The van der Waals surface area contributed by atoms with E-state index < -0.39 is 23.2 Å². The molecule has 0 bridgehead atoms. The van der Waals surface area contributed by atoms with Gasteiger partial charge in [-0.3, -0.25) is 9.59 Å². The van der Waals surface area contributed by atoms with E-state index in [0.717, 1.165) is 6.92 Å². The van der Waals surface area contributed by atoms with Gasteiger partial charge in [0.05, 0.1) is 6.57 Å². The van der Waals surface area contributed by atoms with Crippen molar-refractivity contribution < 1.29 is 36.5 Å². The Bertz CT molecular complexity index is 359. The molecule has 6 heteroatoms. The second-order valence-electron chi connectivity index (χ2n) is 1.87. The number of ketones is 1. The second kappa shape index (κ2) is 6.73. The summed E-state index contributed by atoms with van der Waals surface area (Å²) in [5, 5.41) is 8.93. The van der Waals surface area contributed by atoms with Crippen LogP contribution in [0.3, 0.4) is 0 Å². The topological polar surface area (TPSA) is 68.0 Å². The molecule has 1 N–H and O–H groups in total. The summed E-state index contributed by atoms with van der Waals surface area (Å²) in [6.07, 6.45) is 6.14. The second-order valence-corrected chi connectivity index (χ2v) is 1.87. The molecule has 0 aliphatic carbocycles. The summed E-state index contributed by atoms with van der Waals surface area (Å²) in [6, 6.07) is 0. The van der Waals surface area contributed by atoms with Gasteiger partial charge >= 0.3 is 11.7 Å². The van der Waals surface area contributed by atoms with Gasteiger partial charge in [-0.25, -0.2) is 4.85 Å². The van der Waals surface area contributed by atoms with Crippen molar-refractivity contribution in [2.45, 2.75) is 6.92 Å². The van der Waals surface area contributed by atoms with E-state index in [1.54, 1.807) is 0 Å². The van der Waals surface area contributed by atoms with Gasteiger partial charge in [-0.05, 0) is 0 Å². The fraction of sp³-hybridized carbons (Fsp3) is 0.125. The normalized spacial score (nSPS) is 9.64. The fourth-order valence-corrected chi connectivity index (χ4v) is 0.464. The van der Waals surface area contributed by atoms with Gasteiger partial charge in [0.1, 0.15) is 6.11 Å². The van der Waals surface area contributed by atoms with Gasteiger partial charge in [-0.15, -0.1) is 0 Å². The Morgan fingerprint density at radius 3 is 2.36 bits per heavy atom. The van der Waals surface area contributed by atoms with Crippen molar-refractivity contribution in [3.63, 3.8) is 0 Å². The largest absolute Gasteiger partial charge is 0.516 e. The number of carbonyl (C=O) groups excluding carboxylic acids is 2. The average molecular weight is 243 g/mol. The molecule has 0 aromatic rings. The van der Waals surface area contributed by atoms with E-state index in [-0.39, 0.29) is 17.1 Å². The van der Waals surface area contributed by atoms with Crippen LogP contribution in [0.2, 0.25) is 0 Å². The Balaban J connectivity index is 0. The van der Waals surface area contributed by atoms with Gasteiger partial charge in [0.15, 0.2) is 11.5 Å². The van der Waals surface area contributed by atoms with E-state index in [1.165, 1.54) is 6.11 Å². The smallest absolute Gasteiger partial charge is 0.354 e. The summed E-state index contributed by atoms with van der Waals surface area (Å²) >= 11 is 0. The van der Waals surface area contributed by atoms with Crippen LogP contribution in [-0.2, 0) is 31.4 Å². The zero-order valence-corrected chi connectivity index (χ0v) is 7.94. The molecule has 0 fully saturated rings. The van der Waals surface area contributed by atoms with Crippen molar-refractivity contribution >= 4 is 11.8 Å². The summed E-state index contributed by atoms with van der Waals surface area (Å²) in [7, 11) is 0. The molecule has 0 rings (SSSR count). The number of hydrogen-bond acceptors (Lipinski definition) is 4. The fourth-order valence-electron chi connectivity index (χ4n) is 0.464. The molecular weight excluding hydrogens is 238 g/mol. The third-order valence-corrected chi connectivity index (χ3v) is 1.01. The molecule has 5 nitrogen and oxygen atoms in total. The maximum Gasteiger partial charge on any atom is 0.354 e. The molecule has 0 aromatic heterocycles. The number of terminal acetylenes is 1. The third-order valence-electron chi connectivity index (χ3n) is 1.01. The van der Waals surface area contributed by atoms with Crippen LogP contribution in [0.25, 0.3) is 4.85 Å². The van der Waals surface area contributed by atoms with Gasteiger partial charge in [0.25, 0.3) is 0 Å². The molecule has 0 saturated carbocycles. The monoisotopic (exact) mass is 242 g/mol. The summed E-state index contributed by atoms with van der Waals surface area (Å²) in [5.74, 6) is -2.97. The van der Waals surface area contributed by atoms with Crippen molar-refractivity contribution in [2.75, 3.05) is 0 Å². The first-order valence-corrected chi connectivity index (χ1v) is 3.03. The summed E-state index contributed by atoms with van der Waals surface area (Å²) in [5.41, 5.74) is -0.814. The molecule has 0 aromatic carbocycles. The van der Waals surface area contributed by atoms with Crippen molar-refractivity contribution in [2.24, 2.45) is 0 Å². The van der Waals surface area contributed by atoms with E-state index in [9.17, 15) is 9.59 Å². The Morgan fingerprint density at radius 2 is 2.07 bits per heavy atom. The number of aliphatic hydroxyl groups is 1. The molecule has 0 spiro atoms. The zero-order valence-electron chi connectivity index (χ0n) is 7.00. The summed E-state index contributed by atoms with van der Waals surface area (Å²) in [6.45, 7) is 7.48. The molecule has 1 radical (unpaired) electrons. The average Bonchev–Trinajstić information content (AvgIpc) is 2.05. The Morgan fingerprint density at radius 1 is 1.57 bits per heavy atom. The van der Waals surface area contributed by atoms with Crippen LogP contribution in [0.15, 0.2) is 11.5 Å². The predicted molar refractivity (Wildman–Crippen MR) is 41.9 cm³/mol. The quantitative estimate of drug-likeness (QED) is 0.190.